The summed E-state index contributed by atoms with van der Waals surface area (Å²) in [5, 5.41) is 6.31. The molecule has 3 rings (SSSR count). The molecule has 0 saturated carbocycles. The van der Waals surface area contributed by atoms with Crippen LogP contribution in [0.1, 0.15) is 27.0 Å². The summed E-state index contributed by atoms with van der Waals surface area (Å²) in [4.78, 5) is 23.4. The number of carbonyl (C=O) groups is 2. The zero-order valence-corrected chi connectivity index (χ0v) is 16.8. The molecular weight excluding hydrogens is 405 g/mol. The zero-order chi connectivity index (χ0) is 19.4. The highest BCUT2D eigenvalue weighted by atomic mass is 35.5. The molecule has 1 aliphatic rings. The van der Waals surface area contributed by atoms with E-state index in [2.05, 4.69) is 22.8 Å². The van der Waals surface area contributed by atoms with Gasteiger partial charge in [-0.05, 0) is 28.8 Å². The standard InChI is InChI=1S/C19H20ClN3O4.ClH/c1-26-16-6-13(5-15(20)18(16)27-10-17(21)24)19(25)23-7-11-2-3-12-8-22-9-14(12)4-11;/h2-6,22H,7-10H2,1H3,(H2,21,24)(H,23,25);1H. The van der Waals surface area contributed by atoms with Crippen molar-refractivity contribution in [2.75, 3.05) is 13.7 Å². The van der Waals surface area contributed by atoms with E-state index in [9.17, 15) is 9.59 Å². The first-order valence-corrected chi connectivity index (χ1v) is 8.74. The highest BCUT2D eigenvalue weighted by Gasteiger charge is 2.17. The third kappa shape index (κ3) is 5.07. The molecule has 1 aliphatic heterocycles. The van der Waals surface area contributed by atoms with Crippen LogP contribution in [0, 0.1) is 0 Å². The highest BCUT2D eigenvalue weighted by Crippen LogP contribution is 2.36. The summed E-state index contributed by atoms with van der Waals surface area (Å²) >= 11 is 6.18. The van der Waals surface area contributed by atoms with Gasteiger partial charge in [-0.15, -0.1) is 12.4 Å². The van der Waals surface area contributed by atoms with Crippen molar-refractivity contribution in [3.05, 3.63) is 57.6 Å². The van der Waals surface area contributed by atoms with Crippen molar-refractivity contribution in [1.29, 1.82) is 0 Å². The number of amides is 2. The van der Waals surface area contributed by atoms with E-state index in [1.807, 2.05) is 6.07 Å². The fraction of sp³-hybridized carbons (Fsp3) is 0.263. The van der Waals surface area contributed by atoms with Crippen LogP contribution in [0.3, 0.4) is 0 Å². The number of hydrogen-bond acceptors (Lipinski definition) is 5. The number of methoxy groups -OCH3 is 1. The minimum atomic E-state index is -0.639. The first kappa shape index (κ1) is 21.8. The lowest BCUT2D eigenvalue weighted by atomic mass is 10.1. The Balaban J connectivity index is 0.00000280. The van der Waals surface area contributed by atoms with Crippen molar-refractivity contribution >= 4 is 35.8 Å². The van der Waals surface area contributed by atoms with Gasteiger partial charge in [-0.2, -0.15) is 0 Å². The third-order valence-electron chi connectivity index (χ3n) is 4.21. The SMILES string of the molecule is COc1cc(C(=O)NCc2ccc3c(c2)CNC3)cc(Cl)c1OCC(N)=O.Cl. The molecule has 0 radical (unpaired) electrons. The van der Waals surface area contributed by atoms with Gasteiger partial charge in [0.25, 0.3) is 11.8 Å². The summed E-state index contributed by atoms with van der Waals surface area (Å²) in [5.74, 6) is -0.520. The smallest absolute Gasteiger partial charge is 0.255 e. The summed E-state index contributed by atoms with van der Waals surface area (Å²) in [6.45, 7) is 1.78. The monoisotopic (exact) mass is 425 g/mol. The quantitative estimate of drug-likeness (QED) is 0.630. The van der Waals surface area contributed by atoms with E-state index < -0.39 is 5.91 Å². The normalized spacial score (nSPS) is 11.9. The minimum Gasteiger partial charge on any atom is -0.493 e. The van der Waals surface area contributed by atoms with E-state index in [-0.39, 0.29) is 41.4 Å². The molecule has 0 fully saturated rings. The van der Waals surface area contributed by atoms with Crippen LogP contribution in [-0.2, 0) is 24.4 Å². The molecule has 0 saturated heterocycles. The molecule has 1 heterocycles. The van der Waals surface area contributed by atoms with Gasteiger partial charge in [0.15, 0.2) is 18.1 Å². The average Bonchev–Trinajstić information content (AvgIpc) is 3.12. The highest BCUT2D eigenvalue weighted by molar-refractivity contribution is 6.32. The molecule has 0 aromatic heterocycles. The number of rotatable bonds is 7. The lowest BCUT2D eigenvalue weighted by molar-refractivity contribution is -0.119. The summed E-state index contributed by atoms with van der Waals surface area (Å²) in [7, 11) is 1.42. The maximum absolute atomic E-state index is 12.5. The lowest BCUT2D eigenvalue weighted by Gasteiger charge is -2.13. The fourth-order valence-electron chi connectivity index (χ4n) is 2.88. The van der Waals surface area contributed by atoms with Gasteiger partial charge < -0.3 is 25.8 Å². The third-order valence-corrected chi connectivity index (χ3v) is 4.49. The fourth-order valence-corrected chi connectivity index (χ4v) is 3.14. The number of nitrogens with one attached hydrogen (secondary N) is 2. The Morgan fingerprint density at radius 3 is 2.68 bits per heavy atom. The van der Waals surface area contributed by atoms with Gasteiger partial charge in [0, 0.05) is 25.2 Å². The molecule has 0 atom stereocenters. The van der Waals surface area contributed by atoms with Crippen LogP contribution < -0.4 is 25.8 Å². The number of fused-ring (bicyclic) bond motifs is 1. The molecule has 0 spiro atoms. The van der Waals surface area contributed by atoms with Gasteiger partial charge in [0.1, 0.15) is 0 Å². The molecule has 2 aromatic rings. The van der Waals surface area contributed by atoms with Gasteiger partial charge in [-0.3, -0.25) is 9.59 Å². The van der Waals surface area contributed by atoms with E-state index in [1.165, 1.54) is 30.4 Å². The number of benzene rings is 2. The van der Waals surface area contributed by atoms with E-state index >= 15 is 0 Å². The van der Waals surface area contributed by atoms with Crippen LogP contribution in [0.25, 0.3) is 0 Å². The minimum absolute atomic E-state index is 0. The lowest BCUT2D eigenvalue weighted by Crippen LogP contribution is -2.23. The van der Waals surface area contributed by atoms with Crippen molar-refractivity contribution in [1.82, 2.24) is 10.6 Å². The second kappa shape index (κ2) is 9.64. The average molecular weight is 426 g/mol. The molecule has 2 amide bonds. The number of hydrogen-bond donors (Lipinski definition) is 3. The van der Waals surface area contributed by atoms with Crippen molar-refractivity contribution in [3.8, 4) is 11.5 Å². The van der Waals surface area contributed by atoms with Gasteiger partial charge in [0.2, 0.25) is 0 Å². The Morgan fingerprint density at radius 2 is 1.96 bits per heavy atom. The van der Waals surface area contributed by atoms with Crippen molar-refractivity contribution < 1.29 is 19.1 Å². The van der Waals surface area contributed by atoms with E-state index in [0.29, 0.717) is 12.1 Å². The molecule has 2 aromatic carbocycles. The zero-order valence-electron chi connectivity index (χ0n) is 15.2. The predicted molar refractivity (Wildman–Crippen MR) is 108 cm³/mol. The predicted octanol–water partition coefficient (Wildman–Crippen LogP) is 2.17. The second-order valence-corrected chi connectivity index (χ2v) is 6.54. The molecular formula is C19H21Cl2N3O4. The van der Waals surface area contributed by atoms with E-state index in [1.54, 1.807) is 0 Å². The first-order valence-electron chi connectivity index (χ1n) is 8.36. The summed E-state index contributed by atoms with van der Waals surface area (Å²) in [6.07, 6.45) is 0. The Kier molecular flexibility index (Phi) is 7.51. The van der Waals surface area contributed by atoms with Crippen LogP contribution in [-0.4, -0.2) is 25.5 Å². The molecule has 0 bridgehead atoms. The van der Waals surface area contributed by atoms with Crippen LogP contribution in [0.15, 0.2) is 30.3 Å². The van der Waals surface area contributed by atoms with Crippen molar-refractivity contribution in [2.45, 2.75) is 19.6 Å². The first-order chi connectivity index (χ1) is 13.0. The van der Waals surface area contributed by atoms with Crippen LogP contribution in [0.4, 0.5) is 0 Å². The number of carbonyl (C=O) groups excluding carboxylic acids is 2. The molecule has 9 heteroatoms. The molecule has 0 unspecified atom stereocenters. The summed E-state index contributed by atoms with van der Waals surface area (Å²) in [6, 6.07) is 9.12. The van der Waals surface area contributed by atoms with Crippen LogP contribution in [0.2, 0.25) is 5.02 Å². The summed E-state index contributed by atoms with van der Waals surface area (Å²) < 4.78 is 10.5. The number of ether oxygens (including phenoxy) is 2. The molecule has 0 aliphatic carbocycles. The largest absolute Gasteiger partial charge is 0.493 e. The van der Waals surface area contributed by atoms with Gasteiger partial charge >= 0.3 is 0 Å². The number of nitrogens with two attached hydrogens (primary N) is 1. The maximum Gasteiger partial charge on any atom is 0.255 e. The topological polar surface area (TPSA) is 103 Å². The molecule has 150 valence electrons. The van der Waals surface area contributed by atoms with Crippen LogP contribution >= 0.6 is 24.0 Å². The van der Waals surface area contributed by atoms with E-state index in [4.69, 9.17) is 26.8 Å². The van der Waals surface area contributed by atoms with Gasteiger partial charge in [0.05, 0.1) is 12.1 Å². The van der Waals surface area contributed by atoms with Crippen LogP contribution in [0.5, 0.6) is 11.5 Å². The maximum atomic E-state index is 12.5. The Labute approximate surface area is 173 Å². The molecule has 7 nitrogen and oxygen atoms in total. The molecule has 4 N–H and O–H groups in total. The van der Waals surface area contributed by atoms with Gasteiger partial charge in [-0.1, -0.05) is 29.8 Å². The molecule has 28 heavy (non-hydrogen) atoms. The Hall–Kier alpha value is -2.48. The Morgan fingerprint density at radius 1 is 1.21 bits per heavy atom. The number of primary amides is 1. The van der Waals surface area contributed by atoms with E-state index in [0.717, 1.165) is 18.7 Å². The second-order valence-electron chi connectivity index (χ2n) is 6.13. The van der Waals surface area contributed by atoms with Gasteiger partial charge in [-0.25, -0.2) is 0 Å². The number of halogens is 2. The van der Waals surface area contributed by atoms with Crippen molar-refractivity contribution in [2.24, 2.45) is 5.73 Å². The summed E-state index contributed by atoms with van der Waals surface area (Å²) in [5.41, 5.74) is 8.95. The van der Waals surface area contributed by atoms with Crippen molar-refractivity contribution in [3.63, 3.8) is 0 Å². The Bertz CT molecular complexity index is 890.